The molecule has 0 bridgehead atoms. The van der Waals surface area contributed by atoms with Gasteiger partial charge in [0.1, 0.15) is 0 Å². The number of ether oxygens (including phenoxy) is 2. The summed E-state index contributed by atoms with van der Waals surface area (Å²) < 4.78 is 11.4. The smallest absolute Gasteiger partial charge is 0.303 e. The van der Waals surface area contributed by atoms with Gasteiger partial charge in [-0.25, -0.2) is 0 Å². The van der Waals surface area contributed by atoms with E-state index in [1.54, 1.807) is 0 Å². The molecule has 24 heavy (non-hydrogen) atoms. The highest BCUT2D eigenvalue weighted by atomic mass is 16.6. The first-order valence-electron chi connectivity index (χ1n) is 9.18. The van der Waals surface area contributed by atoms with Gasteiger partial charge >= 0.3 is 11.9 Å². The largest absolute Gasteiger partial charge is 0.451 e. The summed E-state index contributed by atoms with van der Waals surface area (Å²) in [6.45, 7) is 6.63. The topological polar surface area (TPSA) is 69.7 Å². The van der Waals surface area contributed by atoms with Gasteiger partial charge in [0.25, 0.3) is 0 Å². The van der Waals surface area contributed by atoms with E-state index < -0.39 is 23.1 Å². The van der Waals surface area contributed by atoms with Gasteiger partial charge in [0, 0.05) is 25.7 Å². The highest BCUT2D eigenvalue weighted by Gasteiger charge is 2.60. The summed E-state index contributed by atoms with van der Waals surface area (Å²) in [4.78, 5) is 37.3. The monoisotopic (exact) mass is 338 g/mol. The Balaban J connectivity index is 2.47. The summed E-state index contributed by atoms with van der Waals surface area (Å²) in [5.41, 5.74) is -2.32. The van der Waals surface area contributed by atoms with Crippen molar-refractivity contribution in [1.29, 1.82) is 0 Å². The molecule has 0 aromatic rings. The Labute approximate surface area is 144 Å². The molecular weight excluding hydrogens is 308 g/mol. The van der Waals surface area contributed by atoms with Crippen LogP contribution in [0.15, 0.2) is 0 Å². The summed E-state index contributed by atoms with van der Waals surface area (Å²) in [7, 11) is 0. The summed E-state index contributed by atoms with van der Waals surface area (Å²) in [6.07, 6.45) is 6.43. The van der Waals surface area contributed by atoms with Crippen molar-refractivity contribution in [2.75, 3.05) is 0 Å². The first kappa shape index (κ1) is 18.9. The van der Waals surface area contributed by atoms with Crippen LogP contribution in [0.2, 0.25) is 0 Å². The highest BCUT2D eigenvalue weighted by Crippen LogP contribution is 2.46. The maximum absolute atomic E-state index is 13.7. The molecule has 2 aliphatic carbocycles. The number of rotatable bonds is 4. The quantitative estimate of drug-likeness (QED) is 0.733. The van der Waals surface area contributed by atoms with Crippen molar-refractivity contribution in [2.24, 2.45) is 11.8 Å². The number of hydrogen-bond acceptors (Lipinski definition) is 5. The van der Waals surface area contributed by atoms with E-state index in [1.807, 2.05) is 13.8 Å². The lowest BCUT2D eigenvalue weighted by Crippen LogP contribution is -2.63. The van der Waals surface area contributed by atoms with Gasteiger partial charge in [0.05, 0.1) is 0 Å². The fourth-order valence-electron chi connectivity index (χ4n) is 4.58. The lowest BCUT2D eigenvalue weighted by atomic mass is 9.63. The van der Waals surface area contributed by atoms with Crippen LogP contribution < -0.4 is 0 Å². The van der Waals surface area contributed by atoms with Crippen LogP contribution in [-0.2, 0) is 23.9 Å². The van der Waals surface area contributed by atoms with Gasteiger partial charge in [-0.1, -0.05) is 26.7 Å². The molecule has 5 nitrogen and oxygen atoms in total. The van der Waals surface area contributed by atoms with Gasteiger partial charge in [-0.3, -0.25) is 14.4 Å². The van der Waals surface area contributed by atoms with Crippen molar-refractivity contribution < 1.29 is 23.9 Å². The SMILES string of the molecule is CC(=O)OC1(C(=O)C2(OC(C)=O)CCCCC2C)CCCCC1C. The zero-order valence-electron chi connectivity index (χ0n) is 15.4. The van der Waals surface area contributed by atoms with E-state index in [-0.39, 0.29) is 17.6 Å². The molecule has 2 saturated carbocycles. The number of ketones is 1. The zero-order chi connectivity index (χ0) is 18.0. The van der Waals surface area contributed by atoms with E-state index in [0.29, 0.717) is 12.8 Å². The molecule has 0 aliphatic heterocycles. The van der Waals surface area contributed by atoms with E-state index in [9.17, 15) is 14.4 Å². The molecule has 0 amide bonds. The van der Waals surface area contributed by atoms with Crippen LogP contribution in [0.3, 0.4) is 0 Å². The Morgan fingerprint density at radius 1 is 0.750 bits per heavy atom. The van der Waals surface area contributed by atoms with Crippen molar-refractivity contribution in [2.45, 2.75) is 90.3 Å². The van der Waals surface area contributed by atoms with Gasteiger partial charge in [0.2, 0.25) is 5.78 Å². The lowest BCUT2D eigenvalue weighted by Gasteiger charge is -2.48. The second kappa shape index (κ2) is 7.24. The van der Waals surface area contributed by atoms with Gasteiger partial charge in [0.15, 0.2) is 11.2 Å². The predicted octanol–water partition coefficient (Wildman–Crippen LogP) is 3.58. The Morgan fingerprint density at radius 3 is 1.42 bits per heavy atom. The van der Waals surface area contributed by atoms with Crippen LogP contribution >= 0.6 is 0 Å². The first-order chi connectivity index (χ1) is 11.2. The van der Waals surface area contributed by atoms with E-state index in [4.69, 9.17) is 9.47 Å². The van der Waals surface area contributed by atoms with Crippen molar-refractivity contribution in [3.63, 3.8) is 0 Å². The number of esters is 2. The molecule has 4 unspecified atom stereocenters. The molecule has 0 aromatic carbocycles. The Morgan fingerprint density at radius 2 is 1.12 bits per heavy atom. The third kappa shape index (κ3) is 3.35. The van der Waals surface area contributed by atoms with Crippen LogP contribution in [0.5, 0.6) is 0 Å². The van der Waals surface area contributed by atoms with Crippen molar-refractivity contribution in [3.05, 3.63) is 0 Å². The van der Waals surface area contributed by atoms with Gasteiger partial charge in [-0.05, 0) is 38.5 Å². The average Bonchev–Trinajstić information content (AvgIpc) is 2.50. The minimum atomic E-state index is -1.16. The molecule has 0 N–H and O–H groups in total. The average molecular weight is 338 g/mol. The molecular formula is C19H30O5. The van der Waals surface area contributed by atoms with E-state index in [0.717, 1.165) is 38.5 Å². The molecule has 2 rings (SSSR count). The third-order valence-electron chi connectivity index (χ3n) is 5.88. The molecule has 0 spiro atoms. The van der Waals surface area contributed by atoms with Crippen molar-refractivity contribution >= 4 is 17.7 Å². The maximum Gasteiger partial charge on any atom is 0.303 e. The fourth-order valence-corrected chi connectivity index (χ4v) is 4.58. The zero-order valence-corrected chi connectivity index (χ0v) is 15.4. The van der Waals surface area contributed by atoms with E-state index in [1.165, 1.54) is 13.8 Å². The molecule has 5 heteroatoms. The molecule has 0 heterocycles. The Hall–Kier alpha value is -1.39. The van der Waals surface area contributed by atoms with Crippen LogP contribution in [0, 0.1) is 11.8 Å². The van der Waals surface area contributed by atoms with E-state index in [2.05, 4.69) is 0 Å². The molecule has 0 aromatic heterocycles. The lowest BCUT2D eigenvalue weighted by molar-refractivity contribution is -0.200. The van der Waals surface area contributed by atoms with Gasteiger partial charge in [-0.15, -0.1) is 0 Å². The van der Waals surface area contributed by atoms with Crippen molar-refractivity contribution in [3.8, 4) is 0 Å². The minimum Gasteiger partial charge on any atom is -0.451 e. The van der Waals surface area contributed by atoms with E-state index >= 15 is 0 Å². The maximum atomic E-state index is 13.7. The fraction of sp³-hybridized carbons (Fsp3) is 0.842. The van der Waals surface area contributed by atoms with Gasteiger partial charge < -0.3 is 9.47 Å². The highest BCUT2D eigenvalue weighted by molar-refractivity contribution is 5.98. The second-order valence-electron chi connectivity index (χ2n) is 7.59. The Bertz CT molecular complexity index is 470. The summed E-state index contributed by atoms with van der Waals surface area (Å²) in [6, 6.07) is 0. The molecule has 2 aliphatic rings. The number of carbonyl (C=O) groups excluding carboxylic acids is 3. The minimum absolute atomic E-state index is 0.0655. The number of hydrogen-bond donors (Lipinski definition) is 0. The first-order valence-corrected chi connectivity index (χ1v) is 9.18. The van der Waals surface area contributed by atoms with Crippen LogP contribution in [0.1, 0.15) is 79.1 Å². The molecule has 136 valence electrons. The number of carbonyl (C=O) groups is 3. The molecule has 4 atom stereocenters. The van der Waals surface area contributed by atoms with Crippen LogP contribution in [0.25, 0.3) is 0 Å². The summed E-state index contributed by atoms with van der Waals surface area (Å²) in [5, 5.41) is 0. The van der Waals surface area contributed by atoms with Crippen LogP contribution in [-0.4, -0.2) is 28.9 Å². The number of Topliss-reactive ketones (excluding diaryl/α,β-unsaturated/α-hetero) is 1. The predicted molar refractivity (Wildman–Crippen MR) is 89.3 cm³/mol. The Kier molecular flexibility index (Phi) is 5.71. The normalized spacial score (nSPS) is 36.7. The second-order valence-corrected chi connectivity index (χ2v) is 7.59. The molecule has 0 saturated heterocycles. The molecule has 2 fully saturated rings. The van der Waals surface area contributed by atoms with Crippen LogP contribution in [0.4, 0.5) is 0 Å². The summed E-state index contributed by atoms with van der Waals surface area (Å²) >= 11 is 0. The molecule has 0 radical (unpaired) electrons. The van der Waals surface area contributed by atoms with Gasteiger partial charge in [-0.2, -0.15) is 0 Å². The van der Waals surface area contributed by atoms with Crippen molar-refractivity contribution in [1.82, 2.24) is 0 Å². The standard InChI is InChI=1S/C19H30O5/c1-13-9-5-7-11-18(13,23-15(3)20)17(22)19(24-16(4)21)12-8-6-10-14(19)2/h13-14H,5-12H2,1-4H3. The summed E-state index contributed by atoms with van der Waals surface area (Å²) in [5.74, 6) is -1.22. The third-order valence-corrected chi connectivity index (χ3v) is 5.88.